The summed E-state index contributed by atoms with van der Waals surface area (Å²) in [6.07, 6.45) is -1.66. The lowest BCUT2D eigenvalue weighted by Gasteiger charge is -2.11. The van der Waals surface area contributed by atoms with Gasteiger partial charge in [0.1, 0.15) is 6.61 Å². The molecule has 0 bridgehead atoms. The van der Waals surface area contributed by atoms with Gasteiger partial charge in [-0.1, -0.05) is 6.58 Å². The molecule has 0 aromatic heterocycles. The summed E-state index contributed by atoms with van der Waals surface area (Å²) >= 11 is 0. The standard InChI is InChI=1S/C7H10O8S2/c1-5(2)14-7(8)6-3-13-16(9,10)4-17(11,12)15-6/h6H,1,3-4H2,2H3. The van der Waals surface area contributed by atoms with Crippen LogP contribution in [0.25, 0.3) is 0 Å². The monoisotopic (exact) mass is 286 g/mol. The Labute approximate surface area is 98.4 Å². The quantitative estimate of drug-likeness (QED) is 0.364. The van der Waals surface area contributed by atoms with Crippen molar-refractivity contribution in [2.45, 2.75) is 13.0 Å². The van der Waals surface area contributed by atoms with Crippen molar-refractivity contribution in [3.05, 3.63) is 12.3 Å². The smallest absolute Gasteiger partial charge is 0.344 e. The van der Waals surface area contributed by atoms with Gasteiger partial charge in [-0.15, -0.1) is 0 Å². The van der Waals surface area contributed by atoms with Crippen LogP contribution in [0.15, 0.2) is 12.3 Å². The van der Waals surface area contributed by atoms with E-state index in [-0.39, 0.29) is 5.76 Å². The first kappa shape index (κ1) is 14.1. The molecule has 0 radical (unpaired) electrons. The van der Waals surface area contributed by atoms with Crippen LogP contribution in [-0.4, -0.2) is 40.6 Å². The van der Waals surface area contributed by atoms with E-state index in [9.17, 15) is 21.6 Å². The lowest BCUT2D eigenvalue weighted by Crippen LogP contribution is -2.31. The highest BCUT2D eigenvalue weighted by Crippen LogP contribution is 2.14. The molecule has 1 atom stereocenters. The summed E-state index contributed by atoms with van der Waals surface area (Å²) in [4.78, 5) is 11.3. The van der Waals surface area contributed by atoms with E-state index in [2.05, 4.69) is 19.7 Å². The Balaban J connectivity index is 2.91. The third kappa shape index (κ3) is 4.42. The van der Waals surface area contributed by atoms with Gasteiger partial charge in [0.25, 0.3) is 20.2 Å². The average molecular weight is 286 g/mol. The number of hydrogen-bond donors (Lipinski definition) is 0. The molecule has 1 aliphatic rings. The number of esters is 1. The highest BCUT2D eigenvalue weighted by atomic mass is 32.3. The van der Waals surface area contributed by atoms with E-state index in [1.165, 1.54) is 6.92 Å². The molecule has 1 saturated heterocycles. The van der Waals surface area contributed by atoms with E-state index < -0.39 is 44.0 Å². The number of ether oxygens (including phenoxy) is 1. The molecule has 17 heavy (non-hydrogen) atoms. The summed E-state index contributed by atoms with van der Waals surface area (Å²) in [5, 5.41) is -1.34. The first-order valence-corrected chi connectivity index (χ1v) is 7.42. The number of carbonyl (C=O) groups is 1. The molecule has 1 heterocycles. The molecule has 0 aromatic rings. The number of hydrogen-bond acceptors (Lipinski definition) is 8. The summed E-state index contributed by atoms with van der Waals surface area (Å²) in [6, 6.07) is 0. The van der Waals surface area contributed by atoms with E-state index in [0.717, 1.165) is 0 Å². The van der Waals surface area contributed by atoms with Gasteiger partial charge >= 0.3 is 5.97 Å². The van der Waals surface area contributed by atoms with Gasteiger partial charge in [0.05, 0.1) is 5.76 Å². The third-order valence-electron chi connectivity index (χ3n) is 1.49. The molecule has 8 nitrogen and oxygen atoms in total. The van der Waals surface area contributed by atoms with Crippen LogP contribution >= 0.6 is 0 Å². The second-order valence-corrected chi connectivity index (χ2v) is 6.83. The van der Waals surface area contributed by atoms with Crippen molar-refractivity contribution in [3.8, 4) is 0 Å². The molecule has 1 aliphatic heterocycles. The molecular weight excluding hydrogens is 276 g/mol. The van der Waals surface area contributed by atoms with Crippen molar-refractivity contribution in [1.82, 2.24) is 0 Å². The van der Waals surface area contributed by atoms with E-state index >= 15 is 0 Å². The Morgan fingerprint density at radius 3 is 2.41 bits per heavy atom. The molecule has 10 heteroatoms. The number of carbonyl (C=O) groups excluding carboxylic acids is 1. The maximum atomic E-state index is 11.3. The molecule has 0 saturated carbocycles. The van der Waals surface area contributed by atoms with E-state index in [0.29, 0.717) is 0 Å². The zero-order valence-corrected chi connectivity index (χ0v) is 10.4. The topological polar surface area (TPSA) is 113 Å². The zero-order valence-electron chi connectivity index (χ0n) is 8.78. The van der Waals surface area contributed by atoms with Crippen molar-refractivity contribution >= 4 is 26.2 Å². The lowest BCUT2D eigenvalue weighted by molar-refractivity contribution is -0.148. The van der Waals surface area contributed by atoms with Crippen molar-refractivity contribution in [3.63, 3.8) is 0 Å². The van der Waals surface area contributed by atoms with Crippen LogP contribution in [0.4, 0.5) is 0 Å². The first-order chi connectivity index (χ1) is 7.61. The second kappa shape index (κ2) is 4.72. The minimum Gasteiger partial charge on any atom is -0.430 e. The summed E-state index contributed by atoms with van der Waals surface area (Å²) in [5.74, 6) is -1.07. The predicted octanol–water partition coefficient (Wildman–Crippen LogP) is -0.904. The maximum Gasteiger partial charge on any atom is 0.344 e. The van der Waals surface area contributed by atoms with Gasteiger partial charge in [-0.3, -0.25) is 8.37 Å². The van der Waals surface area contributed by atoms with Crippen molar-refractivity contribution < 1.29 is 34.7 Å². The van der Waals surface area contributed by atoms with Crippen LogP contribution in [0, 0.1) is 0 Å². The minimum atomic E-state index is -4.40. The van der Waals surface area contributed by atoms with Gasteiger partial charge in [-0.25, -0.2) is 4.79 Å². The van der Waals surface area contributed by atoms with E-state index in [4.69, 9.17) is 0 Å². The summed E-state index contributed by atoms with van der Waals surface area (Å²) in [6.45, 7) is 3.88. The SMILES string of the molecule is C=C(C)OC(=O)C1COS(=O)(=O)CS(=O)(=O)O1. The summed E-state index contributed by atoms with van der Waals surface area (Å²) in [7, 11) is -8.67. The predicted molar refractivity (Wildman–Crippen MR) is 54.4 cm³/mol. The second-order valence-electron chi connectivity index (χ2n) is 3.23. The van der Waals surface area contributed by atoms with Crippen LogP contribution in [0.5, 0.6) is 0 Å². The zero-order chi connectivity index (χ0) is 13.3. The average Bonchev–Trinajstić information content (AvgIpc) is 2.18. The summed E-state index contributed by atoms with van der Waals surface area (Å²) < 4.78 is 57.5. The molecule has 0 N–H and O–H groups in total. The fraction of sp³-hybridized carbons (Fsp3) is 0.571. The van der Waals surface area contributed by atoms with Crippen molar-refractivity contribution in [2.75, 3.05) is 11.7 Å². The molecule has 98 valence electrons. The fourth-order valence-electron chi connectivity index (χ4n) is 0.954. The van der Waals surface area contributed by atoms with Gasteiger partial charge in [-0.2, -0.15) is 16.8 Å². The third-order valence-corrected chi connectivity index (χ3v) is 4.82. The molecule has 0 aromatic carbocycles. The Kier molecular flexibility index (Phi) is 3.91. The van der Waals surface area contributed by atoms with E-state index in [1.807, 2.05) is 0 Å². The molecule has 1 unspecified atom stereocenters. The van der Waals surface area contributed by atoms with Crippen molar-refractivity contribution in [2.24, 2.45) is 0 Å². The normalized spacial score (nSPS) is 26.8. The van der Waals surface area contributed by atoms with Crippen LogP contribution in [0.2, 0.25) is 0 Å². The Morgan fingerprint density at radius 2 is 1.88 bits per heavy atom. The van der Waals surface area contributed by atoms with E-state index in [1.54, 1.807) is 0 Å². The van der Waals surface area contributed by atoms with Gasteiger partial charge in [0, 0.05) is 0 Å². The van der Waals surface area contributed by atoms with Crippen LogP contribution in [-0.2, 0) is 38.1 Å². The largest absolute Gasteiger partial charge is 0.430 e. The number of allylic oxidation sites excluding steroid dienone is 1. The molecule has 1 fully saturated rings. The minimum absolute atomic E-state index is 0.0168. The summed E-state index contributed by atoms with van der Waals surface area (Å²) in [5.41, 5.74) is 0. The molecule has 0 spiro atoms. The number of rotatable bonds is 2. The van der Waals surface area contributed by atoms with Gasteiger partial charge in [0.15, 0.2) is 6.10 Å². The van der Waals surface area contributed by atoms with Gasteiger partial charge < -0.3 is 4.74 Å². The molecule has 1 rings (SSSR count). The van der Waals surface area contributed by atoms with Crippen LogP contribution in [0.1, 0.15) is 6.92 Å². The Morgan fingerprint density at radius 1 is 1.29 bits per heavy atom. The van der Waals surface area contributed by atoms with Gasteiger partial charge in [-0.05, 0) is 6.92 Å². The van der Waals surface area contributed by atoms with Crippen LogP contribution in [0.3, 0.4) is 0 Å². The lowest BCUT2D eigenvalue weighted by atomic mass is 10.4. The Hall–Kier alpha value is -0.970. The molecule has 0 aliphatic carbocycles. The highest BCUT2D eigenvalue weighted by molar-refractivity contribution is 8.03. The molecule has 0 amide bonds. The molecular formula is C7H10O8S2. The maximum absolute atomic E-state index is 11.3. The highest BCUT2D eigenvalue weighted by Gasteiger charge is 2.37. The van der Waals surface area contributed by atoms with Crippen molar-refractivity contribution in [1.29, 1.82) is 0 Å². The fourth-order valence-corrected chi connectivity index (χ4v) is 3.68. The Bertz CT molecular complexity index is 528. The van der Waals surface area contributed by atoms with Gasteiger partial charge in [0.2, 0.25) is 5.08 Å². The first-order valence-electron chi connectivity index (χ1n) is 4.26. The van der Waals surface area contributed by atoms with Crippen LogP contribution < -0.4 is 0 Å².